The third-order valence-electron chi connectivity index (χ3n) is 2.17. The Bertz CT molecular complexity index is 451. The zero-order valence-electron chi connectivity index (χ0n) is 8.23. The van der Waals surface area contributed by atoms with Crippen LogP contribution in [0.15, 0.2) is 36.8 Å². The number of nitrogens with two attached hydrogens (primary N) is 1. The molecule has 0 aliphatic heterocycles. The van der Waals surface area contributed by atoms with Gasteiger partial charge in [0.2, 0.25) is 0 Å². The molecule has 15 heavy (non-hydrogen) atoms. The summed E-state index contributed by atoms with van der Waals surface area (Å²) >= 11 is 6.07. The summed E-state index contributed by atoms with van der Waals surface area (Å²) in [4.78, 5) is 4.25. The van der Waals surface area contributed by atoms with Gasteiger partial charge in [-0.1, -0.05) is 23.7 Å². The van der Waals surface area contributed by atoms with Crippen LogP contribution < -0.4 is 5.73 Å². The quantitative estimate of drug-likeness (QED) is 0.862. The summed E-state index contributed by atoms with van der Waals surface area (Å²) in [5, 5.41) is 0.717. The Morgan fingerprint density at radius 1 is 1.33 bits per heavy atom. The van der Waals surface area contributed by atoms with E-state index in [2.05, 4.69) is 4.98 Å². The molecule has 78 valence electrons. The minimum atomic E-state index is 0.611. The van der Waals surface area contributed by atoms with E-state index in [0.29, 0.717) is 11.6 Å². The highest BCUT2D eigenvalue weighted by atomic mass is 35.5. The molecule has 0 radical (unpaired) electrons. The second-order valence-electron chi connectivity index (χ2n) is 3.26. The summed E-state index contributed by atoms with van der Waals surface area (Å²) in [5.41, 5.74) is 7.39. The maximum Gasteiger partial charge on any atom is 0.0995 e. The second-order valence-corrected chi connectivity index (χ2v) is 3.67. The van der Waals surface area contributed by atoms with Crippen LogP contribution in [0.1, 0.15) is 5.69 Å². The van der Waals surface area contributed by atoms with E-state index in [0.717, 1.165) is 17.8 Å². The van der Waals surface area contributed by atoms with Crippen LogP contribution in [0.25, 0.3) is 5.69 Å². The van der Waals surface area contributed by atoms with E-state index in [4.69, 9.17) is 17.3 Å². The zero-order chi connectivity index (χ0) is 10.7. The van der Waals surface area contributed by atoms with Crippen LogP contribution in [0.5, 0.6) is 0 Å². The maximum atomic E-state index is 6.07. The molecule has 0 aliphatic rings. The van der Waals surface area contributed by atoms with Gasteiger partial charge in [0, 0.05) is 12.6 Å². The summed E-state index contributed by atoms with van der Waals surface area (Å²) in [6, 6.07) is 7.67. The van der Waals surface area contributed by atoms with Crippen LogP contribution in [0, 0.1) is 0 Å². The van der Waals surface area contributed by atoms with Gasteiger partial charge in [0.25, 0.3) is 0 Å². The van der Waals surface area contributed by atoms with Crippen molar-refractivity contribution in [3.8, 4) is 5.69 Å². The topological polar surface area (TPSA) is 43.8 Å². The summed E-state index contributed by atoms with van der Waals surface area (Å²) in [7, 11) is 0. The molecule has 1 heterocycles. The van der Waals surface area contributed by atoms with Gasteiger partial charge < -0.3 is 10.3 Å². The van der Waals surface area contributed by atoms with E-state index in [1.165, 1.54) is 0 Å². The molecule has 0 unspecified atom stereocenters. The molecule has 1 aromatic heterocycles. The number of para-hydroxylation sites is 1. The Labute approximate surface area is 93.5 Å². The molecule has 0 saturated carbocycles. The summed E-state index contributed by atoms with van der Waals surface area (Å²) in [5.74, 6) is 0. The average Bonchev–Trinajstić information content (AvgIpc) is 2.68. The Morgan fingerprint density at radius 3 is 2.87 bits per heavy atom. The summed E-state index contributed by atoms with van der Waals surface area (Å²) in [6.07, 6.45) is 4.50. The Balaban J connectivity index is 2.33. The van der Waals surface area contributed by atoms with Gasteiger partial charge in [-0.15, -0.1) is 0 Å². The fourth-order valence-electron chi connectivity index (χ4n) is 1.43. The first kappa shape index (κ1) is 10.2. The number of benzene rings is 1. The lowest BCUT2D eigenvalue weighted by Crippen LogP contribution is -2.02. The lowest BCUT2D eigenvalue weighted by atomic mass is 10.3. The monoisotopic (exact) mass is 221 g/mol. The minimum Gasteiger partial charge on any atom is -0.330 e. The molecular weight excluding hydrogens is 210 g/mol. The number of halogens is 1. The molecule has 3 nitrogen and oxygen atoms in total. The lowest BCUT2D eigenvalue weighted by molar-refractivity contribution is 0.934. The van der Waals surface area contributed by atoms with Gasteiger partial charge in [-0.3, -0.25) is 0 Å². The Hall–Kier alpha value is -1.32. The molecule has 2 aromatic rings. The highest BCUT2D eigenvalue weighted by Gasteiger charge is 2.03. The molecule has 4 heteroatoms. The fourth-order valence-corrected chi connectivity index (χ4v) is 1.67. The van der Waals surface area contributed by atoms with Crippen LogP contribution in [0.3, 0.4) is 0 Å². The van der Waals surface area contributed by atoms with E-state index >= 15 is 0 Å². The van der Waals surface area contributed by atoms with Crippen LogP contribution >= 0.6 is 11.6 Å². The molecule has 0 atom stereocenters. The molecule has 0 spiro atoms. The first-order valence-corrected chi connectivity index (χ1v) is 5.17. The van der Waals surface area contributed by atoms with Crippen LogP contribution in [-0.4, -0.2) is 16.1 Å². The van der Waals surface area contributed by atoms with Crippen molar-refractivity contribution in [1.82, 2.24) is 9.55 Å². The molecule has 2 N–H and O–H groups in total. The van der Waals surface area contributed by atoms with Gasteiger partial charge in [-0.2, -0.15) is 0 Å². The van der Waals surface area contributed by atoms with Gasteiger partial charge in [-0.05, 0) is 18.7 Å². The SMILES string of the molecule is NCCc1cn(-c2ccccc2Cl)cn1. The summed E-state index contributed by atoms with van der Waals surface area (Å²) < 4.78 is 1.91. The number of hydrogen-bond acceptors (Lipinski definition) is 2. The van der Waals surface area contributed by atoms with E-state index in [1.54, 1.807) is 6.33 Å². The standard InChI is InChI=1S/C11H12ClN3/c12-10-3-1-2-4-11(10)15-7-9(5-6-13)14-8-15/h1-4,7-8H,5-6,13H2. The second kappa shape index (κ2) is 4.47. The highest BCUT2D eigenvalue weighted by molar-refractivity contribution is 6.32. The number of nitrogens with zero attached hydrogens (tertiary/aromatic N) is 2. The van der Waals surface area contributed by atoms with Crippen LogP contribution in [-0.2, 0) is 6.42 Å². The van der Waals surface area contributed by atoms with Gasteiger partial charge in [-0.25, -0.2) is 4.98 Å². The van der Waals surface area contributed by atoms with Crippen LogP contribution in [0.2, 0.25) is 5.02 Å². The maximum absolute atomic E-state index is 6.07. The van der Waals surface area contributed by atoms with Crippen molar-refractivity contribution < 1.29 is 0 Å². The minimum absolute atomic E-state index is 0.611. The molecule has 1 aromatic carbocycles. The van der Waals surface area contributed by atoms with Gasteiger partial charge in [0.15, 0.2) is 0 Å². The van der Waals surface area contributed by atoms with Crippen molar-refractivity contribution in [3.63, 3.8) is 0 Å². The molecule has 0 saturated heterocycles. The van der Waals surface area contributed by atoms with Crippen molar-refractivity contribution >= 4 is 11.6 Å². The number of hydrogen-bond donors (Lipinski definition) is 1. The van der Waals surface area contributed by atoms with Crippen LogP contribution in [0.4, 0.5) is 0 Å². The van der Waals surface area contributed by atoms with Crippen molar-refractivity contribution in [2.75, 3.05) is 6.54 Å². The average molecular weight is 222 g/mol. The predicted octanol–water partition coefficient (Wildman–Crippen LogP) is 2.03. The van der Waals surface area contributed by atoms with E-state index in [-0.39, 0.29) is 0 Å². The summed E-state index contributed by atoms with van der Waals surface area (Å²) in [6.45, 7) is 0.611. The first-order chi connectivity index (χ1) is 7.31. The van der Waals surface area contributed by atoms with Crippen molar-refractivity contribution in [2.24, 2.45) is 5.73 Å². The fraction of sp³-hybridized carbons (Fsp3) is 0.182. The predicted molar refractivity (Wildman–Crippen MR) is 61.3 cm³/mol. The first-order valence-electron chi connectivity index (χ1n) is 4.79. The molecule has 0 bridgehead atoms. The number of rotatable bonds is 3. The van der Waals surface area contributed by atoms with Crippen molar-refractivity contribution in [2.45, 2.75) is 6.42 Å². The van der Waals surface area contributed by atoms with E-state index in [1.807, 2.05) is 35.0 Å². The van der Waals surface area contributed by atoms with Gasteiger partial charge >= 0.3 is 0 Å². The van der Waals surface area contributed by atoms with Crippen molar-refractivity contribution in [3.05, 3.63) is 47.5 Å². The Kier molecular flexibility index (Phi) is 3.04. The van der Waals surface area contributed by atoms with E-state index < -0.39 is 0 Å². The molecule has 0 amide bonds. The lowest BCUT2D eigenvalue weighted by Gasteiger charge is -2.03. The normalized spacial score (nSPS) is 10.5. The third kappa shape index (κ3) is 2.19. The largest absolute Gasteiger partial charge is 0.330 e. The molecule has 0 aliphatic carbocycles. The van der Waals surface area contributed by atoms with E-state index in [9.17, 15) is 0 Å². The smallest absolute Gasteiger partial charge is 0.0995 e. The molecular formula is C11H12ClN3. The highest BCUT2D eigenvalue weighted by Crippen LogP contribution is 2.19. The van der Waals surface area contributed by atoms with Gasteiger partial charge in [0.05, 0.1) is 22.7 Å². The molecule has 2 rings (SSSR count). The Morgan fingerprint density at radius 2 is 2.13 bits per heavy atom. The van der Waals surface area contributed by atoms with Crippen molar-refractivity contribution in [1.29, 1.82) is 0 Å². The number of aromatic nitrogens is 2. The third-order valence-corrected chi connectivity index (χ3v) is 2.49. The molecule has 0 fully saturated rings. The van der Waals surface area contributed by atoms with Gasteiger partial charge in [0.1, 0.15) is 0 Å². The zero-order valence-corrected chi connectivity index (χ0v) is 8.98. The number of imidazole rings is 1.